The number of hydrogen-bond acceptors (Lipinski definition) is 5. The molecule has 2 aromatic carbocycles. The van der Waals surface area contributed by atoms with E-state index < -0.39 is 6.04 Å². The average molecular weight is 382 g/mol. The SMILES string of the molecule is CCOc1cc2c(cc1NC(C)C(=O)Nc1ccc(C(C)=O)cc1)OC(C)C2. The van der Waals surface area contributed by atoms with Crippen LogP contribution in [0.2, 0.25) is 0 Å². The number of fused-ring (bicyclic) bond motifs is 1. The second-order valence-electron chi connectivity index (χ2n) is 7.01. The number of carbonyl (C=O) groups is 2. The van der Waals surface area contributed by atoms with E-state index in [1.165, 1.54) is 6.92 Å². The van der Waals surface area contributed by atoms with Crippen molar-refractivity contribution in [3.8, 4) is 11.5 Å². The number of anilines is 2. The minimum Gasteiger partial charge on any atom is -0.492 e. The maximum Gasteiger partial charge on any atom is 0.246 e. The van der Waals surface area contributed by atoms with Gasteiger partial charge in [-0.2, -0.15) is 0 Å². The molecule has 0 saturated carbocycles. The van der Waals surface area contributed by atoms with Crippen LogP contribution in [0, 0.1) is 0 Å². The van der Waals surface area contributed by atoms with Crippen LogP contribution in [0.5, 0.6) is 11.5 Å². The molecule has 0 radical (unpaired) electrons. The lowest BCUT2D eigenvalue weighted by atomic mass is 10.1. The van der Waals surface area contributed by atoms with Crippen molar-refractivity contribution in [1.29, 1.82) is 0 Å². The van der Waals surface area contributed by atoms with Crippen molar-refractivity contribution in [2.45, 2.75) is 46.3 Å². The molecule has 2 unspecified atom stereocenters. The van der Waals surface area contributed by atoms with Crippen LogP contribution in [0.1, 0.15) is 43.6 Å². The van der Waals surface area contributed by atoms with Gasteiger partial charge in [-0.05, 0) is 58.0 Å². The molecule has 1 heterocycles. The van der Waals surface area contributed by atoms with Gasteiger partial charge in [0.15, 0.2) is 5.78 Å². The van der Waals surface area contributed by atoms with E-state index in [1.807, 2.05) is 26.0 Å². The van der Waals surface area contributed by atoms with E-state index in [9.17, 15) is 9.59 Å². The Bertz CT molecular complexity index is 877. The number of hydrogen-bond donors (Lipinski definition) is 2. The highest BCUT2D eigenvalue weighted by Gasteiger charge is 2.23. The second-order valence-corrected chi connectivity index (χ2v) is 7.01. The first-order valence-corrected chi connectivity index (χ1v) is 9.52. The van der Waals surface area contributed by atoms with Gasteiger partial charge < -0.3 is 20.1 Å². The number of ether oxygens (including phenoxy) is 2. The summed E-state index contributed by atoms with van der Waals surface area (Å²) in [6.07, 6.45) is 0.987. The summed E-state index contributed by atoms with van der Waals surface area (Å²) in [5, 5.41) is 6.07. The third kappa shape index (κ3) is 4.44. The van der Waals surface area contributed by atoms with Crippen LogP contribution in [0.25, 0.3) is 0 Å². The van der Waals surface area contributed by atoms with E-state index in [1.54, 1.807) is 31.2 Å². The number of carbonyl (C=O) groups excluding carboxylic acids is 2. The molecule has 3 rings (SSSR count). The van der Waals surface area contributed by atoms with E-state index in [2.05, 4.69) is 10.6 Å². The lowest BCUT2D eigenvalue weighted by Gasteiger charge is -2.19. The molecule has 0 bridgehead atoms. The maximum atomic E-state index is 12.6. The number of rotatable bonds is 7. The van der Waals surface area contributed by atoms with Crippen molar-refractivity contribution in [2.24, 2.45) is 0 Å². The Hall–Kier alpha value is -3.02. The second kappa shape index (κ2) is 8.33. The van der Waals surface area contributed by atoms with Gasteiger partial charge in [-0.3, -0.25) is 9.59 Å². The molecule has 6 heteroatoms. The third-order valence-corrected chi connectivity index (χ3v) is 4.62. The smallest absolute Gasteiger partial charge is 0.246 e. The zero-order chi connectivity index (χ0) is 20.3. The number of Topliss-reactive ketones (excluding diaryl/α,β-unsaturated/α-hetero) is 1. The molecular formula is C22H26N2O4. The Labute approximate surface area is 165 Å². The number of benzene rings is 2. The number of ketones is 1. The van der Waals surface area contributed by atoms with Crippen LogP contribution < -0.4 is 20.1 Å². The molecule has 0 aromatic heterocycles. The van der Waals surface area contributed by atoms with Crippen molar-refractivity contribution < 1.29 is 19.1 Å². The molecule has 148 valence electrons. The molecule has 2 N–H and O–H groups in total. The lowest BCUT2D eigenvalue weighted by molar-refractivity contribution is -0.116. The van der Waals surface area contributed by atoms with E-state index in [-0.39, 0.29) is 17.8 Å². The first-order valence-electron chi connectivity index (χ1n) is 9.52. The monoisotopic (exact) mass is 382 g/mol. The first-order chi connectivity index (χ1) is 13.4. The predicted octanol–water partition coefficient (Wildman–Crippen LogP) is 4.05. The predicted molar refractivity (Wildman–Crippen MR) is 110 cm³/mol. The Balaban J connectivity index is 1.71. The largest absolute Gasteiger partial charge is 0.492 e. The average Bonchev–Trinajstić information content (AvgIpc) is 3.01. The van der Waals surface area contributed by atoms with E-state index in [0.29, 0.717) is 23.6 Å². The molecule has 1 aliphatic heterocycles. The van der Waals surface area contributed by atoms with Gasteiger partial charge in [0.2, 0.25) is 5.91 Å². The summed E-state index contributed by atoms with van der Waals surface area (Å²) >= 11 is 0. The molecule has 0 fully saturated rings. The van der Waals surface area contributed by atoms with Crippen molar-refractivity contribution >= 4 is 23.1 Å². The van der Waals surface area contributed by atoms with E-state index >= 15 is 0 Å². The van der Waals surface area contributed by atoms with Crippen LogP contribution in [0.3, 0.4) is 0 Å². The van der Waals surface area contributed by atoms with Gasteiger partial charge in [0.1, 0.15) is 23.6 Å². The minimum atomic E-state index is -0.497. The quantitative estimate of drug-likeness (QED) is 0.707. The fourth-order valence-electron chi connectivity index (χ4n) is 3.16. The lowest BCUT2D eigenvalue weighted by Crippen LogP contribution is -2.32. The molecule has 2 aromatic rings. The van der Waals surface area contributed by atoms with Gasteiger partial charge in [0.25, 0.3) is 0 Å². The van der Waals surface area contributed by atoms with Crippen molar-refractivity contribution in [3.05, 3.63) is 47.5 Å². The van der Waals surface area contributed by atoms with Gasteiger partial charge in [-0.15, -0.1) is 0 Å². The molecule has 1 amide bonds. The van der Waals surface area contributed by atoms with Crippen molar-refractivity contribution in [1.82, 2.24) is 0 Å². The van der Waals surface area contributed by atoms with Crippen molar-refractivity contribution in [3.63, 3.8) is 0 Å². The fourth-order valence-corrected chi connectivity index (χ4v) is 3.16. The number of amides is 1. The fraction of sp³-hybridized carbons (Fsp3) is 0.364. The highest BCUT2D eigenvalue weighted by atomic mass is 16.5. The van der Waals surface area contributed by atoms with Gasteiger partial charge in [-0.1, -0.05) is 0 Å². The Morgan fingerprint density at radius 3 is 2.61 bits per heavy atom. The van der Waals surface area contributed by atoms with Crippen molar-refractivity contribution in [2.75, 3.05) is 17.2 Å². The molecule has 28 heavy (non-hydrogen) atoms. The molecule has 0 saturated heterocycles. The maximum absolute atomic E-state index is 12.6. The van der Waals surface area contributed by atoms with Gasteiger partial charge in [-0.25, -0.2) is 0 Å². The molecule has 6 nitrogen and oxygen atoms in total. The van der Waals surface area contributed by atoms with E-state index in [0.717, 1.165) is 23.4 Å². The van der Waals surface area contributed by atoms with E-state index in [4.69, 9.17) is 9.47 Å². The molecule has 0 aliphatic carbocycles. The standard InChI is InChI=1S/C22H26N2O4/c1-5-27-21-11-17-10-13(2)28-20(17)12-19(21)23-14(3)22(26)24-18-8-6-16(7-9-18)15(4)25/h6-9,11-14,23H,5,10H2,1-4H3,(H,24,26). The summed E-state index contributed by atoms with van der Waals surface area (Å²) in [6, 6.07) is 10.2. The van der Waals surface area contributed by atoms with Crippen LogP contribution >= 0.6 is 0 Å². The number of nitrogens with one attached hydrogen (secondary N) is 2. The van der Waals surface area contributed by atoms with Gasteiger partial charge in [0.05, 0.1) is 12.3 Å². The highest BCUT2D eigenvalue weighted by Crippen LogP contribution is 2.38. The zero-order valence-corrected chi connectivity index (χ0v) is 16.7. The van der Waals surface area contributed by atoms with Crippen LogP contribution in [-0.2, 0) is 11.2 Å². The molecular weight excluding hydrogens is 356 g/mol. The molecule has 0 spiro atoms. The Kier molecular flexibility index (Phi) is 5.87. The molecule has 1 aliphatic rings. The minimum absolute atomic E-state index is 0.00971. The summed E-state index contributed by atoms with van der Waals surface area (Å²) in [6.45, 7) is 7.78. The van der Waals surface area contributed by atoms with Crippen LogP contribution in [-0.4, -0.2) is 30.4 Å². The Morgan fingerprint density at radius 1 is 1.25 bits per heavy atom. The van der Waals surface area contributed by atoms with Crippen LogP contribution in [0.15, 0.2) is 36.4 Å². The Morgan fingerprint density at radius 2 is 1.96 bits per heavy atom. The van der Waals surface area contributed by atoms with Gasteiger partial charge >= 0.3 is 0 Å². The van der Waals surface area contributed by atoms with Gasteiger partial charge in [0, 0.05) is 29.3 Å². The van der Waals surface area contributed by atoms with Crippen LogP contribution in [0.4, 0.5) is 11.4 Å². The summed E-state index contributed by atoms with van der Waals surface area (Å²) in [7, 11) is 0. The zero-order valence-electron chi connectivity index (χ0n) is 16.7. The third-order valence-electron chi connectivity index (χ3n) is 4.62. The summed E-state index contributed by atoms with van der Waals surface area (Å²) in [4.78, 5) is 23.9. The normalized spacial score (nSPS) is 15.9. The topological polar surface area (TPSA) is 76.7 Å². The summed E-state index contributed by atoms with van der Waals surface area (Å²) in [5.74, 6) is 1.34. The first kappa shape index (κ1) is 19.7. The highest BCUT2D eigenvalue weighted by molar-refractivity contribution is 5.98. The molecule has 2 atom stereocenters. The summed E-state index contributed by atoms with van der Waals surface area (Å²) < 4.78 is 11.6. The summed E-state index contributed by atoms with van der Waals surface area (Å²) in [5.41, 5.74) is 3.09.